The van der Waals surface area contributed by atoms with Crippen molar-refractivity contribution in [3.63, 3.8) is 0 Å². The zero-order valence-electron chi connectivity index (χ0n) is 12.3. The van der Waals surface area contributed by atoms with Gasteiger partial charge in [-0.1, -0.05) is 43.2 Å². The van der Waals surface area contributed by atoms with Gasteiger partial charge in [0.2, 0.25) is 0 Å². The summed E-state index contributed by atoms with van der Waals surface area (Å²) in [6.07, 6.45) is 9.57. The normalized spacial score (nSPS) is 28.8. The lowest BCUT2D eigenvalue weighted by atomic mass is 9.96. The number of terminal acetylenes is 1. The molecule has 3 unspecified atom stereocenters. The first-order valence-electron chi connectivity index (χ1n) is 7.83. The van der Waals surface area contributed by atoms with Gasteiger partial charge in [-0.25, -0.2) is 0 Å². The van der Waals surface area contributed by atoms with Gasteiger partial charge in [-0.15, -0.1) is 6.42 Å². The summed E-state index contributed by atoms with van der Waals surface area (Å²) in [5.74, 6) is 3.88. The van der Waals surface area contributed by atoms with E-state index in [4.69, 9.17) is 6.42 Å². The third-order valence-electron chi connectivity index (χ3n) is 4.74. The summed E-state index contributed by atoms with van der Waals surface area (Å²) >= 11 is 0. The summed E-state index contributed by atoms with van der Waals surface area (Å²) in [5, 5.41) is 3.75. The van der Waals surface area contributed by atoms with Crippen molar-refractivity contribution in [1.29, 1.82) is 0 Å². The van der Waals surface area contributed by atoms with Crippen LogP contribution in [0.5, 0.6) is 0 Å². The largest absolute Gasteiger partial charge is 0.311 e. The van der Waals surface area contributed by atoms with Crippen molar-refractivity contribution in [2.45, 2.75) is 44.3 Å². The van der Waals surface area contributed by atoms with Gasteiger partial charge in [0.05, 0.1) is 6.04 Å². The number of hydrogen-bond acceptors (Lipinski definition) is 2. The molecule has 1 N–H and O–H groups in total. The Morgan fingerprint density at radius 3 is 2.70 bits per heavy atom. The SMILES string of the molecule is C#CC(CC)N1CC(C2CC2)NCC1c1ccccc1. The molecule has 1 saturated heterocycles. The molecule has 20 heavy (non-hydrogen) atoms. The Bertz CT molecular complexity index is 472. The third-order valence-corrected chi connectivity index (χ3v) is 4.74. The van der Waals surface area contributed by atoms with E-state index in [0.29, 0.717) is 12.1 Å². The topological polar surface area (TPSA) is 15.3 Å². The average molecular weight is 268 g/mol. The van der Waals surface area contributed by atoms with Crippen molar-refractivity contribution in [1.82, 2.24) is 10.2 Å². The van der Waals surface area contributed by atoms with Crippen LogP contribution in [0.2, 0.25) is 0 Å². The van der Waals surface area contributed by atoms with Gasteiger partial charge in [0.1, 0.15) is 0 Å². The molecule has 3 atom stereocenters. The van der Waals surface area contributed by atoms with Gasteiger partial charge in [-0.2, -0.15) is 0 Å². The molecule has 0 aromatic heterocycles. The molecule has 106 valence electrons. The molecule has 1 aliphatic heterocycles. The molecule has 0 bridgehead atoms. The standard InChI is InChI=1S/C18H24N2/c1-3-16(4-2)20-13-17(14-10-11-14)19-12-18(20)15-8-6-5-7-9-15/h1,5-9,14,16-19H,4,10-13H2,2H3. The van der Waals surface area contributed by atoms with Crippen molar-refractivity contribution in [3.8, 4) is 12.3 Å². The van der Waals surface area contributed by atoms with Crippen molar-refractivity contribution in [2.75, 3.05) is 13.1 Å². The van der Waals surface area contributed by atoms with Crippen LogP contribution in [-0.2, 0) is 0 Å². The van der Waals surface area contributed by atoms with Gasteiger partial charge >= 0.3 is 0 Å². The Morgan fingerprint density at radius 2 is 2.10 bits per heavy atom. The van der Waals surface area contributed by atoms with Crippen LogP contribution in [0, 0.1) is 18.3 Å². The van der Waals surface area contributed by atoms with Crippen molar-refractivity contribution in [3.05, 3.63) is 35.9 Å². The Labute approximate surface area is 122 Å². The molecule has 1 aromatic carbocycles. The van der Waals surface area contributed by atoms with E-state index in [1.54, 1.807) is 0 Å². The molecule has 2 heteroatoms. The third kappa shape index (κ3) is 2.75. The predicted molar refractivity (Wildman–Crippen MR) is 83.3 cm³/mol. The zero-order chi connectivity index (χ0) is 13.9. The molecule has 1 aliphatic carbocycles. The van der Waals surface area contributed by atoms with E-state index in [-0.39, 0.29) is 6.04 Å². The first-order chi connectivity index (χ1) is 9.83. The summed E-state index contributed by atoms with van der Waals surface area (Å²) in [7, 11) is 0. The second kappa shape index (κ2) is 5.99. The Hall–Kier alpha value is -1.30. The van der Waals surface area contributed by atoms with E-state index in [2.05, 4.69) is 53.4 Å². The van der Waals surface area contributed by atoms with E-state index in [0.717, 1.165) is 25.4 Å². The molecule has 0 amide bonds. The molecule has 1 heterocycles. The van der Waals surface area contributed by atoms with E-state index in [9.17, 15) is 0 Å². The minimum atomic E-state index is 0.253. The first kappa shape index (κ1) is 13.7. The second-order valence-corrected chi connectivity index (χ2v) is 6.07. The quantitative estimate of drug-likeness (QED) is 0.845. The average Bonchev–Trinajstić information content (AvgIpc) is 3.34. The van der Waals surface area contributed by atoms with E-state index < -0.39 is 0 Å². The zero-order valence-corrected chi connectivity index (χ0v) is 12.3. The lowest BCUT2D eigenvalue weighted by molar-refractivity contribution is 0.0964. The molecular formula is C18H24N2. The highest BCUT2D eigenvalue weighted by atomic mass is 15.3. The summed E-state index contributed by atoms with van der Waals surface area (Å²) in [6.45, 7) is 4.30. The van der Waals surface area contributed by atoms with Crippen LogP contribution >= 0.6 is 0 Å². The van der Waals surface area contributed by atoms with Gasteiger partial charge in [0.15, 0.2) is 0 Å². The van der Waals surface area contributed by atoms with E-state index in [1.807, 2.05) is 0 Å². The summed E-state index contributed by atoms with van der Waals surface area (Å²) < 4.78 is 0. The Morgan fingerprint density at radius 1 is 1.35 bits per heavy atom. The van der Waals surface area contributed by atoms with Crippen molar-refractivity contribution in [2.24, 2.45) is 5.92 Å². The van der Waals surface area contributed by atoms with Crippen LogP contribution in [0.15, 0.2) is 30.3 Å². The maximum Gasteiger partial charge on any atom is 0.0715 e. The van der Waals surface area contributed by atoms with Crippen LogP contribution < -0.4 is 5.32 Å². The molecule has 1 saturated carbocycles. The van der Waals surface area contributed by atoms with Crippen molar-refractivity contribution >= 4 is 0 Å². The number of nitrogens with zero attached hydrogens (tertiary/aromatic N) is 1. The Kier molecular flexibility index (Phi) is 4.10. The van der Waals surface area contributed by atoms with Crippen LogP contribution in [-0.4, -0.2) is 30.1 Å². The fourth-order valence-corrected chi connectivity index (χ4v) is 3.39. The summed E-state index contributed by atoms with van der Waals surface area (Å²) in [5.41, 5.74) is 1.38. The Balaban J connectivity index is 1.82. The van der Waals surface area contributed by atoms with Crippen LogP contribution in [0.3, 0.4) is 0 Å². The fourth-order valence-electron chi connectivity index (χ4n) is 3.39. The minimum absolute atomic E-state index is 0.253. The molecule has 2 fully saturated rings. The molecule has 2 aliphatic rings. The predicted octanol–water partition coefficient (Wildman–Crippen LogP) is 2.82. The maximum atomic E-state index is 5.78. The minimum Gasteiger partial charge on any atom is -0.311 e. The monoisotopic (exact) mass is 268 g/mol. The number of piperazine rings is 1. The van der Waals surface area contributed by atoms with Crippen LogP contribution in [0.4, 0.5) is 0 Å². The molecule has 2 nitrogen and oxygen atoms in total. The second-order valence-electron chi connectivity index (χ2n) is 6.07. The number of nitrogens with one attached hydrogen (secondary N) is 1. The molecule has 1 aromatic rings. The fraction of sp³-hybridized carbons (Fsp3) is 0.556. The summed E-state index contributed by atoms with van der Waals surface area (Å²) in [6, 6.07) is 12.1. The summed E-state index contributed by atoms with van der Waals surface area (Å²) in [4.78, 5) is 2.55. The number of benzene rings is 1. The number of rotatable bonds is 4. The highest BCUT2D eigenvalue weighted by molar-refractivity contribution is 5.22. The molecule has 3 rings (SSSR count). The first-order valence-corrected chi connectivity index (χ1v) is 7.83. The van der Waals surface area contributed by atoms with Gasteiger partial charge < -0.3 is 5.32 Å². The van der Waals surface area contributed by atoms with E-state index in [1.165, 1.54) is 18.4 Å². The van der Waals surface area contributed by atoms with Crippen LogP contribution in [0.1, 0.15) is 37.8 Å². The van der Waals surface area contributed by atoms with E-state index >= 15 is 0 Å². The highest BCUT2D eigenvalue weighted by Gasteiger charge is 2.39. The van der Waals surface area contributed by atoms with Crippen molar-refractivity contribution < 1.29 is 0 Å². The van der Waals surface area contributed by atoms with Crippen LogP contribution in [0.25, 0.3) is 0 Å². The number of hydrogen-bond donors (Lipinski definition) is 1. The molecule has 0 radical (unpaired) electrons. The smallest absolute Gasteiger partial charge is 0.0715 e. The van der Waals surface area contributed by atoms with Gasteiger partial charge in [-0.3, -0.25) is 4.90 Å². The maximum absolute atomic E-state index is 5.78. The van der Waals surface area contributed by atoms with Gasteiger partial charge in [-0.05, 0) is 30.7 Å². The van der Waals surface area contributed by atoms with Gasteiger partial charge in [0, 0.05) is 25.2 Å². The highest BCUT2D eigenvalue weighted by Crippen LogP contribution is 2.37. The lowest BCUT2D eigenvalue weighted by Gasteiger charge is -2.43. The lowest BCUT2D eigenvalue weighted by Crippen LogP contribution is -2.55. The molecule has 0 spiro atoms. The van der Waals surface area contributed by atoms with Gasteiger partial charge in [0.25, 0.3) is 0 Å². The molecular weight excluding hydrogens is 244 g/mol.